The summed E-state index contributed by atoms with van der Waals surface area (Å²) in [6.45, 7) is 5.62. The van der Waals surface area contributed by atoms with E-state index in [0.29, 0.717) is 18.2 Å². The fourth-order valence-electron chi connectivity index (χ4n) is 2.77. The predicted molar refractivity (Wildman–Crippen MR) is 109 cm³/mol. The smallest absolute Gasteiger partial charge is 0.328 e. The van der Waals surface area contributed by atoms with E-state index >= 15 is 0 Å². The quantitative estimate of drug-likeness (QED) is 0.573. The van der Waals surface area contributed by atoms with Crippen LogP contribution in [-0.2, 0) is 16.0 Å². The second-order valence-electron chi connectivity index (χ2n) is 6.34. The lowest BCUT2D eigenvalue weighted by Crippen LogP contribution is -2.31. The standard InChI is InChI=1S/C18H25N.C4H4O4/c1-3-7-18(19-12-4-2)14-15-10-11-16-8-5-6-9-17(16)13-15;5-3(6)1-2-4(7)8/h5-6,8-11,13,18-19H,3-4,7,12,14H2,1-2H3;1-2H,(H,5,6)(H,7,8). The maximum absolute atomic E-state index is 9.55. The van der Waals surface area contributed by atoms with Gasteiger partial charge in [0, 0.05) is 18.2 Å². The molecule has 0 aliphatic carbocycles. The molecule has 0 aromatic heterocycles. The Balaban J connectivity index is 0.000000387. The molecule has 3 N–H and O–H groups in total. The van der Waals surface area contributed by atoms with Crippen molar-refractivity contribution in [3.63, 3.8) is 0 Å². The average Bonchev–Trinajstić information content (AvgIpc) is 2.65. The van der Waals surface area contributed by atoms with Gasteiger partial charge in [-0.15, -0.1) is 0 Å². The lowest BCUT2D eigenvalue weighted by atomic mass is 9.99. The van der Waals surface area contributed by atoms with E-state index in [1.165, 1.54) is 35.6 Å². The molecule has 2 aromatic rings. The van der Waals surface area contributed by atoms with Gasteiger partial charge in [0.05, 0.1) is 0 Å². The van der Waals surface area contributed by atoms with E-state index in [9.17, 15) is 9.59 Å². The zero-order chi connectivity index (χ0) is 20.1. The summed E-state index contributed by atoms with van der Waals surface area (Å²) >= 11 is 0. The zero-order valence-electron chi connectivity index (χ0n) is 16.0. The first-order valence-corrected chi connectivity index (χ1v) is 9.31. The van der Waals surface area contributed by atoms with Crippen LogP contribution in [0.1, 0.15) is 38.7 Å². The van der Waals surface area contributed by atoms with E-state index in [4.69, 9.17) is 10.2 Å². The largest absolute Gasteiger partial charge is 0.478 e. The second kappa shape index (κ2) is 12.7. The van der Waals surface area contributed by atoms with Crippen LogP contribution in [0, 0.1) is 0 Å². The number of hydrogen-bond acceptors (Lipinski definition) is 3. The Kier molecular flexibility index (Phi) is 10.5. The molecule has 5 nitrogen and oxygen atoms in total. The molecule has 0 radical (unpaired) electrons. The average molecular weight is 371 g/mol. The molecule has 0 saturated heterocycles. The highest BCUT2D eigenvalue weighted by molar-refractivity contribution is 5.89. The molecule has 27 heavy (non-hydrogen) atoms. The van der Waals surface area contributed by atoms with Crippen molar-refractivity contribution < 1.29 is 19.8 Å². The molecule has 0 aliphatic heterocycles. The molecule has 0 aliphatic rings. The van der Waals surface area contributed by atoms with Crippen LogP contribution >= 0.6 is 0 Å². The van der Waals surface area contributed by atoms with Crippen molar-refractivity contribution >= 4 is 22.7 Å². The monoisotopic (exact) mass is 371 g/mol. The normalized spacial score (nSPS) is 11.8. The summed E-state index contributed by atoms with van der Waals surface area (Å²) in [4.78, 5) is 19.1. The van der Waals surface area contributed by atoms with Crippen LogP contribution in [-0.4, -0.2) is 34.7 Å². The van der Waals surface area contributed by atoms with Crippen LogP contribution < -0.4 is 5.32 Å². The summed E-state index contributed by atoms with van der Waals surface area (Å²) in [6, 6.07) is 16.1. The van der Waals surface area contributed by atoms with Gasteiger partial charge in [-0.05, 0) is 42.1 Å². The van der Waals surface area contributed by atoms with E-state index in [1.54, 1.807) is 0 Å². The Morgan fingerprint density at radius 3 is 2.15 bits per heavy atom. The molecule has 0 heterocycles. The molecular weight excluding hydrogens is 342 g/mol. The highest BCUT2D eigenvalue weighted by Gasteiger charge is 2.08. The number of benzene rings is 2. The van der Waals surface area contributed by atoms with Gasteiger partial charge in [-0.3, -0.25) is 0 Å². The molecule has 0 amide bonds. The molecule has 0 bridgehead atoms. The van der Waals surface area contributed by atoms with Crippen LogP contribution in [0.5, 0.6) is 0 Å². The lowest BCUT2D eigenvalue weighted by molar-refractivity contribution is -0.134. The van der Waals surface area contributed by atoms with Crippen molar-refractivity contribution in [3.8, 4) is 0 Å². The van der Waals surface area contributed by atoms with Gasteiger partial charge in [0.1, 0.15) is 0 Å². The maximum Gasteiger partial charge on any atom is 0.328 e. The molecule has 0 fully saturated rings. The predicted octanol–water partition coefficient (Wildman–Crippen LogP) is 4.26. The van der Waals surface area contributed by atoms with Crippen molar-refractivity contribution in [1.82, 2.24) is 5.32 Å². The number of fused-ring (bicyclic) bond motifs is 1. The highest BCUT2D eigenvalue weighted by atomic mass is 16.4. The number of nitrogens with one attached hydrogen (secondary N) is 1. The minimum atomic E-state index is -1.26. The topological polar surface area (TPSA) is 86.6 Å². The molecule has 5 heteroatoms. The van der Waals surface area contributed by atoms with Gasteiger partial charge in [-0.1, -0.05) is 62.7 Å². The molecule has 2 rings (SSSR count). The van der Waals surface area contributed by atoms with E-state index in [2.05, 4.69) is 61.6 Å². The summed E-state index contributed by atoms with van der Waals surface area (Å²) in [7, 11) is 0. The minimum absolute atomic E-state index is 0.558. The Labute approximate surface area is 160 Å². The van der Waals surface area contributed by atoms with Gasteiger partial charge in [0.15, 0.2) is 0 Å². The zero-order valence-corrected chi connectivity index (χ0v) is 16.0. The summed E-state index contributed by atoms with van der Waals surface area (Å²) < 4.78 is 0. The number of carbonyl (C=O) groups is 2. The summed E-state index contributed by atoms with van der Waals surface area (Å²) in [6.07, 6.45) is 5.96. The number of carboxylic acid groups (broad SMARTS) is 2. The van der Waals surface area contributed by atoms with E-state index in [0.717, 1.165) is 13.0 Å². The Morgan fingerprint density at radius 1 is 0.963 bits per heavy atom. The first-order chi connectivity index (χ1) is 13.0. The molecule has 146 valence electrons. The highest BCUT2D eigenvalue weighted by Crippen LogP contribution is 2.17. The van der Waals surface area contributed by atoms with Crippen LogP contribution in [0.3, 0.4) is 0 Å². The molecular formula is C22H29NO4. The third-order valence-electron chi connectivity index (χ3n) is 3.98. The molecule has 2 aromatic carbocycles. The van der Waals surface area contributed by atoms with Crippen molar-refractivity contribution in [3.05, 3.63) is 60.2 Å². The van der Waals surface area contributed by atoms with Crippen molar-refractivity contribution in [1.29, 1.82) is 0 Å². The number of carboxylic acids is 2. The maximum atomic E-state index is 9.55. The number of hydrogen-bond donors (Lipinski definition) is 3. The second-order valence-corrected chi connectivity index (χ2v) is 6.34. The molecule has 0 saturated carbocycles. The number of rotatable bonds is 9. The van der Waals surface area contributed by atoms with E-state index < -0.39 is 11.9 Å². The molecule has 0 spiro atoms. The van der Waals surface area contributed by atoms with Gasteiger partial charge in [0.2, 0.25) is 0 Å². The third kappa shape index (κ3) is 9.56. The first-order valence-electron chi connectivity index (χ1n) is 9.31. The van der Waals surface area contributed by atoms with E-state index in [1.807, 2.05) is 0 Å². The van der Waals surface area contributed by atoms with Crippen LogP contribution in [0.2, 0.25) is 0 Å². The third-order valence-corrected chi connectivity index (χ3v) is 3.98. The first kappa shape index (κ1) is 22.4. The van der Waals surface area contributed by atoms with Crippen molar-refractivity contribution in [2.45, 2.75) is 45.6 Å². The van der Waals surface area contributed by atoms with Gasteiger partial charge in [-0.25, -0.2) is 9.59 Å². The van der Waals surface area contributed by atoms with Gasteiger partial charge in [-0.2, -0.15) is 0 Å². The van der Waals surface area contributed by atoms with Gasteiger partial charge < -0.3 is 15.5 Å². The van der Waals surface area contributed by atoms with Crippen LogP contribution in [0.25, 0.3) is 10.8 Å². The minimum Gasteiger partial charge on any atom is -0.478 e. The number of aliphatic carboxylic acids is 2. The SMILES string of the molecule is CCCNC(CCC)Cc1ccc2ccccc2c1.O=C(O)C=CC(=O)O. The molecule has 1 atom stereocenters. The Bertz CT molecular complexity index is 739. The fraction of sp³-hybridized carbons (Fsp3) is 0.364. The lowest BCUT2D eigenvalue weighted by Gasteiger charge is -2.18. The van der Waals surface area contributed by atoms with E-state index in [-0.39, 0.29) is 0 Å². The Morgan fingerprint density at radius 2 is 1.59 bits per heavy atom. The van der Waals surface area contributed by atoms with Crippen LogP contribution in [0.15, 0.2) is 54.6 Å². The van der Waals surface area contributed by atoms with Crippen molar-refractivity contribution in [2.24, 2.45) is 0 Å². The van der Waals surface area contributed by atoms with Gasteiger partial charge in [0.25, 0.3) is 0 Å². The summed E-state index contributed by atoms with van der Waals surface area (Å²) in [5.74, 6) is -2.51. The van der Waals surface area contributed by atoms with Crippen LogP contribution in [0.4, 0.5) is 0 Å². The van der Waals surface area contributed by atoms with Crippen molar-refractivity contribution in [2.75, 3.05) is 6.54 Å². The molecule has 1 unspecified atom stereocenters. The van der Waals surface area contributed by atoms with Gasteiger partial charge >= 0.3 is 11.9 Å². The Hall–Kier alpha value is -2.66. The summed E-state index contributed by atoms with van der Waals surface area (Å²) in [5.41, 5.74) is 1.45. The summed E-state index contributed by atoms with van der Waals surface area (Å²) in [5, 5.41) is 22.0. The fourth-order valence-corrected chi connectivity index (χ4v) is 2.77.